The van der Waals surface area contributed by atoms with Crippen molar-refractivity contribution in [3.63, 3.8) is 0 Å². The van der Waals surface area contributed by atoms with E-state index in [0.29, 0.717) is 32.3 Å². The predicted octanol–water partition coefficient (Wildman–Crippen LogP) is 6.37. The molecule has 0 saturated heterocycles. The summed E-state index contributed by atoms with van der Waals surface area (Å²) < 4.78 is 5.51. The quantitative estimate of drug-likeness (QED) is 0.449. The molecule has 3 fully saturated rings. The van der Waals surface area contributed by atoms with Gasteiger partial charge in [0.1, 0.15) is 0 Å². The number of hydrogen-bond donors (Lipinski definition) is 1. The van der Waals surface area contributed by atoms with Crippen LogP contribution >= 0.6 is 11.6 Å². The van der Waals surface area contributed by atoms with Gasteiger partial charge in [-0.15, -0.1) is 0 Å². The van der Waals surface area contributed by atoms with Crippen molar-refractivity contribution in [1.82, 2.24) is 4.90 Å². The van der Waals surface area contributed by atoms with Crippen LogP contribution in [0, 0.1) is 16.7 Å². The number of carbonyl (C=O) groups is 2. The van der Waals surface area contributed by atoms with E-state index >= 15 is 0 Å². The van der Waals surface area contributed by atoms with E-state index in [4.69, 9.17) is 16.3 Å². The molecule has 0 radical (unpaired) electrons. The molecule has 5 nitrogen and oxygen atoms in total. The van der Waals surface area contributed by atoms with Gasteiger partial charge < -0.3 is 14.7 Å². The molecule has 1 aromatic carbocycles. The Morgan fingerprint density at radius 3 is 2.49 bits per heavy atom. The van der Waals surface area contributed by atoms with E-state index < -0.39 is 16.8 Å². The molecule has 0 aromatic heterocycles. The maximum Gasteiger partial charge on any atom is 0.309 e. The molecule has 4 aliphatic rings. The lowest BCUT2D eigenvalue weighted by Gasteiger charge is -2.53. The van der Waals surface area contributed by atoms with Crippen molar-refractivity contribution < 1.29 is 19.4 Å². The third kappa shape index (κ3) is 4.55. The van der Waals surface area contributed by atoms with Gasteiger partial charge in [-0.1, -0.05) is 58.4 Å². The van der Waals surface area contributed by atoms with Gasteiger partial charge in [-0.25, -0.2) is 0 Å². The number of carbonyl (C=O) groups excluding carboxylic acids is 1. The lowest BCUT2D eigenvalue weighted by Crippen LogP contribution is -2.60. The Bertz CT molecular complexity index is 1050. The van der Waals surface area contributed by atoms with Gasteiger partial charge in [0.2, 0.25) is 5.91 Å². The normalized spacial score (nSPS) is 31.2. The summed E-state index contributed by atoms with van der Waals surface area (Å²) >= 11 is 6.77. The molecule has 0 unspecified atom stereocenters. The van der Waals surface area contributed by atoms with Gasteiger partial charge in [0.15, 0.2) is 0 Å². The van der Waals surface area contributed by atoms with Crippen molar-refractivity contribution in [2.24, 2.45) is 16.7 Å². The molecule has 1 aliphatic heterocycles. The second kappa shape index (κ2) is 8.92. The first-order chi connectivity index (χ1) is 16.3. The molecule has 3 saturated carbocycles. The Balaban J connectivity index is 1.68. The lowest BCUT2D eigenvalue weighted by atomic mass is 9.62. The number of carboxylic acid groups (broad SMARTS) is 1. The Labute approximate surface area is 214 Å². The van der Waals surface area contributed by atoms with E-state index in [9.17, 15) is 14.7 Å². The number of aliphatic carboxylic acids is 1. The second-order valence-corrected chi connectivity index (χ2v) is 13.2. The molecule has 1 aromatic rings. The first kappa shape index (κ1) is 26.2. The molecular weight excluding hydrogens is 462 g/mol. The molecule has 35 heavy (non-hydrogen) atoms. The van der Waals surface area contributed by atoms with Gasteiger partial charge in [-0.3, -0.25) is 9.59 Å². The largest absolute Gasteiger partial charge is 0.481 e. The zero-order valence-corrected chi connectivity index (χ0v) is 22.8. The van der Waals surface area contributed by atoms with Crippen LogP contribution in [0.3, 0.4) is 0 Å². The highest BCUT2D eigenvalue weighted by Gasteiger charge is 2.68. The summed E-state index contributed by atoms with van der Waals surface area (Å²) in [6.45, 7) is 11.5. The van der Waals surface area contributed by atoms with E-state index in [-0.39, 0.29) is 22.8 Å². The SMILES string of the molecule is COC[C@@H](C)C1=CN(C23CCC(C(=O)O)(C2)C3)C(=O)C[C@@]1(C)c1ccc(CCC(C)(C)C)c(Cl)c1. The topological polar surface area (TPSA) is 66.8 Å². The molecule has 0 spiro atoms. The van der Waals surface area contributed by atoms with Crippen LogP contribution in [0.5, 0.6) is 0 Å². The van der Waals surface area contributed by atoms with Gasteiger partial charge in [0.25, 0.3) is 0 Å². The number of nitrogens with zero attached hydrogens (tertiary/aromatic N) is 1. The summed E-state index contributed by atoms with van der Waals surface area (Å²) in [5, 5.41) is 10.5. The standard InChI is InChI=1S/C29H40ClNO4/c1-19(16-35-6)22-15-31(29-12-11-28(17-29,18-29)25(33)34)24(32)14-27(22,5)21-8-7-20(23(30)13-21)9-10-26(2,3)4/h7-8,13,15,19H,9-12,14,16-18H2,1-6H3,(H,33,34)/t19-,27+,28?,29?/m1/s1. The molecule has 1 heterocycles. The number of hydrogen-bond acceptors (Lipinski definition) is 3. The first-order valence-corrected chi connectivity index (χ1v) is 13.2. The first-order valence-electron chi connectivity index (χ1n) is 12.8. The molecule has 5 rings (SSSR count). The number of amides is 1. The van der Waals surface area contributed by atoms with Crippen LogP contribution in [0.2, 0.25) is 5.02 Å². The van der Waals surface area contributed by atoms with Crippen LogP contribution in [0.4, 0.5) is 0 Å². The van der Waals surface area contributed by atoms with Gasteiger partial charge >= 0.3 is 5.97 Å². The monoisotopic (exact) mass is 501 g/mol. The summed E-state index contributed by atoms with van der Waals surface area (Å²) in [7, 11) is 1.70. The van der Waals surface area contributed by atoms with Crippen LogP contribution in [0.1, 0.15) is 84.3 Å². The molecule has 1 amide bonds. The predicted molar refractivity (Wildman–Crippen MR) is 138 cm³/mol. The number of rotatable bonds is 8. The Hall–Kier alpha value is -1.85. The van der Waals surface area contributed by atoms with Crippen LogP contribution < -0.4 is 0 Å². The fraction of sp³-hybridized carbons (Fsp3) is 0.655. The van der Waals surface area contributed by atoms with Gasteiger partial charge in [0.05, 0.1) is 12.0 Å². The molecule has 3 aliphatic carbocycles. The van der Waals surface area contributed by atoms with Gasteiger partial charge in [0, 0.05) is 41.6 Å². The Morgan fingerprint density at radius 2 is 1.94 bits per heavy atom. The lowest BCUT2D eigenvalue weighted by molar-refractivity contribution is -0.161. The molecular formula is C29H40ClNO4. The number of methoxy groups -OCH3 is 1. The van der Waals surface area contributed by atoms with E-state index in [1.165, 1.54) is 0 Å². The van der Waals surface area contributed by atoms with E-state index in [1.807, 2.05) is 17.2 Å². The average molecular weight is 502 g/mol. The Morgan fingerprint density at radius 1 is 1.26 bits per heavy atom. The van der Waals surface area contributed by atoms with Crippen molar-refractivity contribution >= 4 is 23.5 Å². The summed E-state index contributed by atoms with van der Waals surface area (Å²) in [5.74, 6) is -0.560. The van der Waals surface area contributed by atoms with Crippen molar-refractivity contribution in [3.8, 4) is 0 Å². The van der Waals surface area contributed by atoms with Crippen molar-refractivity contribution in [3.05, 3.63) is 46.1 Å². The molecule has 192 valence electrons. The van der Waals surface area contributed by atoms with Crippen LogP contribution in [0.25, 0.3) is 0 Å². The highest BCUT2D eigenvalue weighted by molar-refractivity contribution is 6.31. The van der Waals surface area contributed by atoms with Crippen molar-refractivity contribution in [2.75, 3.05) is 13.7 Å². The van der Waals surface area contributed by atoms with Crippen LogP contribution in [0.15, 0.2) is 30.0 Å². The fourth-order valence-corrected chi connectivity index (χ4v) is 6.98. The Kier molecular flexibility index (Phi) is 6.68. The number of aryl methyl sites for hydroxylation is 1. The van der Waals surface area contributed by atoms with Gasteiger partial charge in [-0.05, 0) is 66.7 Å². The molecule has 2 bridgehead atoms. The highest BCUT2D eigenvalue weighted by atomic mass is 35.5. The van der Waals surface area contributed by atoms with Gasteiger partial charge in [-0.2, -0.15) is 0 Å². The van der Waals surface area contributed by atoms with E-state index in [2.05, 4.69) is 46.8 Å². The minimum Gasteiger partial charge on any atom is -0.481 e. The number of fused-ring (bicyclic) bond motifs is 1. The third-order valence-corrected chi connectivity index (χ3v) is 9.18. The summed E-state index contributed by atoms with van der Waals surface area (Å²) in [5.41, 5.74) is 2.05. The summed E-state index contributed by atoms with van der Waals surface area (Å²) in [6, 6.07) is 6.29. The zero-order chi connectivity index (χ0) is 25.8. The van der Waals surface area contributed by atoms with Crippen LogP contribution in [-0.2, 0) is 26.2 Å². The average Bonchev–Trinajstić information content (AvgIpc) is 3.30. The number of ether oxygens (including phenoxy) is 1. The third-order valence-electron chi connectivity index (χ3n) is 8.83. The highest BCUT2D eigenvalue weighted by Crippen LogP contribution is 2.65. The molecule has 1 N–H and O–H groups in total. The smallest absolute Gasteiger partial charge is 0.309 e. The summed E-state index contributed by atoms with van der Waals surface area (Å²) in [4.78, 5) is 27.4. The fourth-order valence-electron chi connectivity index (χ4n) is 6.71. The van der Waals surface area contributed by atoms with E-state index in [1.54, 1.807) is 7.11 Å². The zero-order valence-electron chi connectivity index (χ0n) is 22.0. The maximum absolute atomic E-state index is 13.6. The summed E-state index contributed by atoms with van der Waals surface area (Å²) in [6.07, 6.45) is 6.84. The van der Waals surface area contributed by atoms with Crippen LogP contribution in [-0.4, -0.2) is 41.1 Å². The number of halogens is 1. The van der Waals surface area contributed by atoms with Crippen molar-refractivity contribution in [2.45, 2.75) is 90.5 Å². The minimum absolute atomic E-state index is 0.0645. The van der Waals surface area contributed by atoms with Crippen molar-refractivity contribution in [1.29, 1.82) is 0 Å². The van der Waals surface area contributed by atoms with E-state index in [0.717, 1.165) is 41.0 Å². The number of carboxylic acids is 1. The second-order valence-electron chi connectivity index (χ2n) is 12.7. The molecule has 2 atom stereocenters. The minimum atomic E-state index is -0.724. The number of benzene rings is 1. The maximum atomic E-state index is 13.6. The molecule has 6 heteroatoms.